The van der Waals surface area contributed by atoms with Gasteiger partial charge in [-0.3, -0.25) is 0 Å². The first kappa shape index (κ1) is 12.8. The Morgan fingerprint density at radius 2 is 2.13 bits per heavy atom. The van der Waals surface area contributed by atoms with Crippen molar-refractivity contribution in [2.45, 2.75) is 45.1 Å². The van der Waals surface area contributed by atoms with Crippen molar-refractivity contribution in [1.82, 2.24) is 4.90 Å². The third-order valence-electron chi connectivity index (χ3n) is 3.26. The van der Waals surface area contributed by atoms with Gasteiger partial charge < -0.3 is 10.6 Å². The summed E-state index contributed by atoms with van der Waals surface area (Å²) in [6, 6.07) is 0.362. The van der Waals surface area contributed by atoms with Gasteiger partial charge in [-0.2, -0.15) is 0 Å². The van der Waals surface area contributed by atoms with Gasteiger partial charge >= 0.3 is 0 Å². The maximum Gasteiger partial charge on any atom is 0.253 e. The largest absolute Gasteiger partial charge is 0.330 e. The fourth-order valence-electron chi connectivity index (χ4n) is 2.22. The van der Waals surface area contributed by atoms with Gasteiger partial charge in [-0.1, -0.05) is 0 Å². The smallest absolute Gasteiger partial charge is 0.253 e. The second-order valence-corrected chi connectivity index (χ2v) is 4.73. The molecule has 0 saturated carbocycles. The maximum absolute atomic E-state index is 13.6. The van der Waals surface area contributed by atoms with Crippen molar-refractivity contribution in [2.75, 3.05) is 19.6 Å². The second-order valence-electron chi connectivity index (χ2n) is 4.73. The van der Waals surface area contributed by atoms with Gasteiger partial charge in [0.25, 0.3) is 5.92 Å². The van der Waals surface area contributed by atoms with E-state index in [0.717, 1.165) is 13.0 Å². The van der Waals surface area contributed by atoms with Crippen LogP contribution in [0, 0.1) is 5.92 Å². The lowest BCUT2D eigenvalue weighted by molar-refractivity contribution is -0.0893. The topological polar surface area (TPSA) is 29.3 Å². The molecule has 4 heteroatoms. The quantitative estimate of drug-likeness (QED) is 0.786. The Morgan fingerprint density at radius 1 is 1.47 bits per heavy atom. The highest BCUT2D eigenvalue weighted by Crippen LogP contribution is 2.34. The van der Waals surface area contributed by atoms with Crippen LogP contribution in [0.4, 0.5) is 8.78 Å². The molecule has 1 fully saturated rings. The van der Waals surface area contributed by atoms with Gasteiger partial charge in [0.2, 0.25) is 0 Å². The summed E-state index contributed by atoms with van der Waals surface area (Å²) >= 11 is 0. The summed E-state index contributed by atoms with van der Waals surface area (Å²) in [5.41, 5.74) is 5.22. The number of alkyl halides is 2. The Morgan fingerprint density at radius 3 is 2.67 bits per heavy atom. The number of likely N-dealkylation sites (tertiary alicyclic amines) is 1. The van der Waals surface area contributed by atoms with E-state index in [0.29, 0.717) is 19.0 Å². The Labute approximate surface area is 90.8 Å². The molecule has 0 aliphatic carbocycles. The molecule has 0 aromatic heterocycles. The zero-order valence-corrected chi connectivity index (χ0v) is 9.68. The van der Waals surface area contributed by atoms with Crippen LogP contribution in [0.3, 0.4) is 0 Å². The van der Waals surface area contributed by atoms with Crippen LogP contribution in [0.25, 0.3) is 0 Å². The van der Waals surface area contributed by atoms with Crippen molar-refractivity contribution in [1.29, 1.82) is 0 Å². The molecule has 0 radical (unpaired) electrons. The summed E-state index contributed by atoms with van der Waals surface area (Å²) in [5.74, 6) is -3.08. The molecule has 15 heavy (non-hydrogen) atoms. The zero-order valence-electron chi connectivity index (χ0n) is 9.68. The molecule has 1 aliphatic heterocycles. The molecule has 0 amide bonds. The molecule has 0 spiro atoms. The predicted octanol–water partition coefficient (Wildman–Crippen LogP) is 2.09. The summed E-state index contributed by atoms with van der Waals surface area (Å²) in [7, 11) is 0. The molecule has 1 unspecified atom stereocenters. The monoisotopic (exact) mass is 220 g/mol. The van der Waals surface area contributed by atoms with E-state index >= 15 is 0 Å². The lowest BCUT2D eigenvalue weighted by Gasteiger charge is -2.38. The van der Waals surface area contributed by atoms with Gasteiger partial charge in [0, 0.05) is 24.9 Å². The minimum Gasteiger partial charge on any atom is -0.330 e. The van der Waals surface area contributed by atoms with E-state index in [1.807, 2.05) is 0 Å². The third kappa shape index (κ3) is 3.38. The Bertz CT molecular complexity index is 195. The molecule has 1 saturated heterocycles. The lowest BCUT2D eigenvalue weighted by Crippen LogP contribution is -2.46. The first-order valence-corrected chi connectivity index (χ1v) is 5.79. The molecule has 1 aliphatic rings. The number of hydrogen-bond acceptors (Lipinski definition) is 2. The van der Waals surface area contributed by atoms with Crippen LogP contribution < -0.4 is 5.73 Å². The Kier molecular flexibility index (Phi) is 4.46. The highest BCUT2D eigenvalue weighted by atomic mass is 19.3. The molecule has 0 bridgehead atoms. The van der Waals surface area contributed by atoms with Crippen LogP contribution in [0.1, 0.15) is 33.1 Å². The van der Waals surface area contributed by atoms with Crippen molar-refractivity contribution < 1.29 is 8.78 Å². The van der Waals surface area contributed by atoms with Crippen LogP contribution in [0.2, 0.25) is 0 Å². The fraction of sp³-hybridized carbons (Fsp3) is 1.00. The molecule has 1 heterocycles. The standard InChI is InChI=1S/C11H22F2N2/c1-9(2)15-7-3-4-10(8-15)11(12,13)5-6-14/h9-10H,3-8,14H2,1-2H3. The van der Waals surface area contributed by atoms with E-state index in [9.17, 15) is 8.78 Å². The van der Waals surface area contributed by atoms with Crippen molar-refractivity contribution >= 4 is 0 Å². The van der Waals surface area contributed by atoms with Crippen LogP contribution >= 0.6 is 0 Å². The van der Waals surface area contributed by atoms with Gasteiger partial charge in [-0.15, -0.1) is 0 Å². The van der Waals surface area contributed by atoms with Crippen molar-refractivity contribution in [2.24, 2.45) is 11.7 Å². The van der Waals surface area contributed by atoms with Gasteiger partial charge in [0.1, 0.15) is 0 Å². The van der Waals surface area contributed by atoms with E-state index < -0.39 is 11.8 Å². The summed E-state index contributed by atoms with van der Waals surface area (Å²) < 4.78 is 27.3. The van der Waals surface area contributed by atoms with E-state index in [4.69, 9.17) is 5.73 Å². The minimum atomic E-state index is -2.58. The normalized spacial score (nSPS) is 24.8. The number of nitrogens with zero attached hydrogens (tertiary/aromatic N) is 1. The van der Waals surface area contributed by atoms with Crippen molar-refractivity contribution in [3.05, 3.63) is 0 Å². The summed E-state index contributed by atoms with van der Waals surface area (Å²) in [6.45, 7) is 5.66. The number of halogens is 2. The van der Waals surface area contributed by atoms with Gasteiger partial charge in [-0.05, 0) is 39.8 Å². The van der Waals surface area contributed by atoms with Gasteiger partial charge in [-0.25, -0.2) is 8.78 Å². The number of piperidine rings is 1. The molecule has 0 aromatic rings. The number of hydrogen-bond donors (Lipinski definition) is 1. The third-order valence-corrected chi connectivity index (χ3v) is 3.26. The molecular formula is C11H22F2N2. The van der Waals surface area contributed by atoms with Gasteiger partial charge in [0.15, 0.2) is 0 Å². The second kappa shape index (κ2) is 5.21. The molecule has 1 rings (SSSR count). The molecule has 0 aromatic carbocycles. The summed E-state index contributed by atoms with van der Waals surface area (Å²) in [6.07, 6.45) is 1.34. The van der Waals surface area contributed by atoms with Crippen LogP contribution in [-0.2, 0) is 0 Å². The average molecular weight is 220 g/mol. The molecule has 2 nitrogen and oxygen atoms in total. The molecule has 2 N–H and O–H groups in total. The van der Waals surface area contributed by atoms with E-state index in [1.54, 1.807) is 0 Å². The number of rotatable bonds is 4. The fourth-order valence-corrected chi connectivity index (χ4v) is 2.22. The predicted molar refractivity (Wildman–Crippen MR) is 58.1 cm³/mol. The molecular weight excluding hydrogens is 198 g/mol. The zero-order chi connectivity index (χ0) is 11.5. The van der Waals surface area contributed by atoms with Crippen LogP contribution in [0.15, 0.2) is 0 Å². The minimum absolute atomic E-state index is 0.0746. The van der Waals surface area contributed by atoms with Crippen LogP contribution in [0.5, 0.6) is 0 Å². The highest BCUT2D eigenvalue weighted by molar-refractivity contribution is 4.85. The van der Waals surface area contributed by atoms with Crippen molar-refractivity contribution in [3.63, 3.8) is 0 Å². The summed E-state index contributed by atoms with van der Waals surface area (Å²) in [5, 5.41) is 0. The Balaban J connectivity index is 2.55. The number of nitrogens with two attached hydrogens (primary N) is 1. The lowest BCUT2D eigenvalue weighted by atomic mass is 9.89. The van der Waals surface area contributed by atoms with Gasteiger partial charge in [0.05, 0.1) is 0 Å². The SMILES string of the molecule is CC(C)N1CCCC(C(F)(F)CCN)C1. The highest BCUT2D eigenvalue weighted by Gasteiger charge is 2.40. The van der Waals surface area contributed by atoms with E-state index in [2.05, 4.69) is 18.7 Å². The van der Waals surface area contributed by atoms with Crippen molar-refractivity contribution in [3.8, 4) is 0 Å². The Hall–Kier alpha value is -0.220. The summed E-state index contributed by atoms with van der Waals surface area (Å²) in [4.78, 5) is 2.14. The maximum atomic E-state index is 13.6. The average Bonchev–Trinajstić information content (AvgIpc) is 2.18. The molecule has 90 valence electrons. The first-order valence-electron chi connectivity index (χ1n) is 5.79. The van der Waals surface area contributed by atoms with E-state index in [-0.39, 0.29) is 13.0 Å². The van der Waals surface area contributed by atoms with E-state index in [1.165, 1.54) is 0 Å². The molecule has 1 atom stereocenters. The van der Waals surface area contributed by atoms with Crippen LogP contribution in [-0.4, -0.2) is 36.5 Å². The first-order chi connectivity index (χ1) is 6.97.